The number of rotatable bonds is 3. The summed E-state index contributed by atoms with van der Waals surface area (Å²) < 4.78 is 0.910. The number of aliphatic carboxylic acids is 1. The van der Waals surface area contributed by atoms with Gasteiger partial charge in [-0.2, -0.15) is 0 Å². The Kier molecular flexibility index (Phi) is 3.66. The Morgan fingerprint density at radius 1 is 1.26 bits per heavy atom. The van der Waals surface area contributed by atoms with E-state index >= 15 is 0 Å². The number of halogens is 1. The zero-order valence-corrected chi connectivity index (χ0v) is 12.2. The molecule has 0 amide bonds. The van der Waals surface area contributed by atoms with Gasteiger partial charge in [0.05, 0.1) is 5.69 Å². The van der Waals surface area contributed by atoms with Gasteiger partial charge in [0, 0.05) is 16.2 Å². The average molecular weight is 321 g/mol. The zero-order valence-electron chi connectivity index (χ0n) is 10.6. The lowest BCUT2D eigenvalue weighted by molar-refractivity contribution is -0.142. The first-order chi connectivity index (χ1) is 8.93. The number of nitrogens with zero attached hydrogens (tertiary/aromatic N) is 2. The summed E-state index contributed by atoms with van der Waals surface area (Å²) in [5, 5.41) is 9.22. The molecule has 1 N–H and O–H groups in total. The molecule has 1 heterocycles. The number of carboxylic acid groups (broad SMARTS) is 1. The highest BCUT2D eigenvalue weighted by atomic mass is 79.9. The molecule has 98 valence electrons. The fraction of sp³-hybridized carbons (Fsp3) is 0.214. The van der Waals surface area contributed by atoms with Crippen molar-refractivity contribution in [3.05, 3.63) is 46.8 Å². The van der Waals surface area contributed by atoms with Crippen LogP contribution in [0, 0.1) is 0 Å². The van der Waals surface area contributed by atoms with E-state index in [1.807, 2.05) is 24.3 Å². The first-order valence-electron chi connectivity index (χ1n) is 5.75. The second-order valence-corrected chi connectivity index (χ2v) is 5.53. The quantitative estimate of drug-likeness (QED) is 0.942. The Hall–Kier alpha value is -1.75. The van der Waals surface area contributed by atoms with Crippen LogP contribution in [0.25, 0.3) is 11.3 Å². The van der Waals surface area contributed by atoms with Crippen LogP contribution >= 0.6 is 15.9 Å². The number of carbonyl (C=O) groups is 1. The molecule has 19 heavy (non-hydrogen) atoms. The number of hydrogen-bond acceptors (Lipinski definition) is 3. The van der Waals surface area contributed by atoms with Gasteiger partial charge in [0.15, 0.2) is 0 Å². The van der Waals surface area contributed by atoms with E-state index in [1.165, 1.54) is 0 Å². The Morgan fingerprint density at radius 2 is 1.95 bits per heavy atom. The average Bonchev–Trinajstić information content (AvgIpc) is 2.39. The van der Waals surface area contributed by atoms with Crippen molar-refractivity contribution in [1.29, 1.82) is 0 Å². The Bertz CT molecular complexity index is 626. The Labute approximate surface area is 119 Å². The van der Waals surface area contributed by atoms with E-state index in [4.69, 9.17) is 0 Å². The highest BCUT2D eigenvalue weighted by Gasteiger charge is 2.32. The lowest BCUT2D eigenvalue weighted by Crippen LogP contribution is -2.30. The van der Waals surface area contributed by atoms with Gasteiger partial charge in [-0.15, -0.1) is 0 Å². The van der Waals surface area contributed by atoms with Gasteiger partial charge in [-0.25, -0.2) is 9.97 Å². The summed E-state index contributed by atoms with van der Waals surface area (Å²) in [6.07, 6.45) is 1.59. The van der Waals surface area contributed by atoms with Gasteiger partial charge in [-0.1, -0.05) is 34.1 Å². The highest BCUT2D eigenvalue weighted by molar-refractivity contribution is 9.10. The summed E-state index contributed by atoms with van der Waals surface area (Å²) >= 11 is 3.46. The van der Waals surface area contributed by atoms with Gasteiger partial charge in [0.1, 0.15) is 11.2 Å². The molecule has 0 radical (unpaired) electrons. The lowest BCUT2D eigenvalue weighted by atomic mass is 9.92. The van der Waals surface area contributed by atoms with Crippen molar-refractivity contribution in [2.75, 3.05) is 0 Å². The largest absolute Gasteiger partial charge is 0.481 e. The molecule has 0 aliphatic heterocycles. The minimum atomic E-state index is -1.11. The second kappa shape index (κ2) is 5.09. The molecule has 0 fully saturated rings. The molecular formula is C14H13BrN2O2. The van der Waals surface area contributed by atoms with Crippen molar-refractivity contribution in [3.8, 4) is 11.3 Å². The van der Waals surface area contributed by atoms with Crippen LogP contribution in [0.3, 0.4) is 0 Å². The number of carboxylic acids is 1. The van der Waals surface area contributed by atoms with Gasteiger partial charge in [-0.3, -0.25) is 4.79 Å². The summed E-state index contributed by atoms with van der Waals surface area (Å²) in [4.78, 5) is 19.7. The molecule has 5 heteroatoms. The van der Waals surface area contributed by atoms with Crippen molar-refractivity contribution < 1.29 is 9.90 Å². The third kappa shape index (κ3) is 2.66. The molecule has 0 unspecified atom stereocenters. The van der Waals surface area contributed by atoms with Gasteiger partial charge >= 0.3 is 5.97 Å². The molecule has 0 bridgehead atoms. The fourth-order valence-electron chi connectivity index (χ4n) is 1.57. The summed E-state index contributed by atoms with van der Waals surface area (Å²) in [6, 6.07) is 9.42. The van der Waals surface area contributed by atoms with E-state index in [0.717, 1.165) is 10.0 Å². The summed E-state index contributed by atoms with van der Waals surface area (Å²) in [7, 11) is 0. The van der Waals surface area contributed by atoms with E-state index in [-0.39, 0.29) is 0 Å². The molecule has 2 rings (SSSR count). The van der Waals surface area contributed by atoms with Crippen LogP contribution in [0.1, 0.15) is 19.7 Å². The molecular weight excluding hydrogens is 308 g/mol. The molecule has 0 spiro atoms. The molecule has 0 atom stereocenters. The van der Waals surface area contributed by atoms with E-state index in [9.17, 15) is 9.90 Å². The highest BCUT2D eigenvalue weighted by Crippen LogP contribution is 2.28. The summed E-state index contributed by atoms with van der Waals surface area (Å²) in [5.74, 6) is -0.648. The molecule has 0 saturated carbocycles. The second-order valence-electron chi connectivity index (χ2n) is 4.68. The Balaban J connectivity index is 2.52. The monoisotopic (exact) mass is 320 g/mol. The SMILES string of the molecule is CC(C)(C(=O)O)c1nccc(-c2ccccc2Br)n1. The van der Waals surface area contributed by atoms with Crippen LogP contribution in [-0.2, 0) is 10.2 Å². The number of benzene rings is 1. The normalized spacial score (nSPS) is 11.3. The predicted molar refractivity (Wildman–Crippen MR) is 75.8 cm³/mol. The molecule has 1 aromatic heterocycles. The van der Waals surface area contributed by atoms with Gasteiger partial charge in [0.25, 0.3) is 0 Å². The zero-order chi connectivity index (χ0) is 14.0. The third-order valence-corrected chi connectivity index (χ3v) is 3.59. The number of aromatic nitrogens is 2. The predicted octanol–water partition coefficient (Wildman–Crippen LogP) is 3.27. The van der Waals surface area contributed by atoms with Crippen LogP contribution in [0.15, 0.2) is 41.0 Å². The maximum Gasteiger partial charge on any atom is 0.316 e. The van der Waals surface area contributed by atoms with Crippen LogP contribution < -0.4 is 0 Å². The summed E-state index contributed by atoms with van der Waals surface area (Å²) in [5.41, 5.74) is 0.496. The molecule has 4 nitrogen and oxygen atoms in total. The van der Waals surface area contributed by atoms with E-state index in [0.29, 0.717) is 11.5 Å². The smallest absolute Gasteiger partial charge is 0.316 e. The van der Waals surface area contributed by atoms with E-state index < -0.39 is 11.4 Å². The third-order valence-electron chi connectivity index (χ3n) is 2.90. The standard InChI is InChI=1S/C14H13BrN2O2/c1-14(2,13(18)19)12-16-8-7-11(17-12)9-5-3-4-6-10(9)15/h3-8H,1-2H3,(H,18,19). The van der Waals surface area contributed by atoms with Crippen molar-refractivity contribution in [2.24, 2.45) is 0 Å². The maximum absolute atomic E-state index is 11.2. The molecule has 0 aliphatic rings. The fourth-order valence-corrected chi connectivity index (χ4v) is 2.06. The van der Waals surface area contributed by atoms with Crippen molar-refractivity contribution >= 4 is 21.9 Å². The van der Waals surface area contributed by atoms with Crippen LogP contribution in [0.2, 0.25) is 0 Å². The first-order valence-corrected chi connectivity index (χ1v) is 6.54. The van der Waals surface area contributed by atoms with Crippen molar-refractivity contribution in [1.82, 2.24) is 9.97 Å². The summed E-state index contributed by atoms with van der Waals surface area (Å²) in [6.45, 7) is 3.18. The molecule has 0 aliphatic carbocycles. The van der Waals surface area contributed by atoms with Crippen LogP contribution in [0.4, 0.5) is 0 Å². The first kappa shape index (κ1) is 13.7. The van der Waals surface area contributed by atoms with Gasteiger partial charge in [0.2, 0.25) is 0 Å². The van der Waals surface area contributed by atoms with Gasteiger partial charge in [-0.05, 0) is 26.0 Å². The topological polar surface area (TPSA) is 63.1 Å². The molecule has 1 aromatic carbocycles. The molecule has 2 aromatic rings. The minimum Gasteiger partial charge on any atom is -0.481 e. The minimum absolute atomic E-state index is 0.299. The number of hydrogen-bond donors (Lipinski definition) is 1. The Morgan fingerprint density at radius 3 is 2.58 bits per heavy atom. The van der Waals surface area contributed by atoms with Crippen LogP contribution in [0.5, 0.6) is 0 Å². The lowest BCUT2D eigenvalue weighted by Gasteiger charge is -2.17. The van der Waals surface area contributed by atoms with E-state index in [2.05, 4.69) is 25.9 Å². The van der Waals surface area contributed by atoms with Crippen LogP contribution in [-0.4, -0.2) is 21.0 Å². The molecule has 0 saturated heterocycles. The van der Waals surface area contributed by atoms with Gasteiger partial charge < -0.3 is 5.11 Å². The maximum atomic E-state index is 11.2. The van der Waals surface area contributed by atoms with Crippen molar-refractivity contribution in [2.45, 2.75) is 19.3 Å². The van der Waals surface area contributed by atoms with Crippen molar-refractivity contribution in [3.63, 3.8) is 0 Å². The van der Waals surface area contributed by atoms with E-state index in [1.54, 1.807) is 26.1 Å².